The summed E-state index contributed by atoms with van der Waals surface area (Å²) < 4.78 is 5.35. The number of urea groups is 1. The molecule has 0 unspecified atom stereocenters. The monoisotopic (exact) mass is 292 g/mol. The second-order valence-corrected chi connectivity index (χ2v) is 3.74. The third-order valence-corrected chi connectivity index (χ3v) is 2.50. The third-order valence-electron chi connectivity index (χ3n) is 2.50. The van der Waals surface area contributed by atoms with E-state index >= 15 is 0 Å². The van der Waals surface area contributed by atoms with Crippen molar-refractivity contribution in [2.24, 2.45) is 0 Å². The summed E-state index contributed by atoms with van der Waals surface area (Å²) in [6.45, 7) is 6.93. The number of carbonyl (C=O) groups excluding carboxylic acids is 2. The van der Waals surface area contributed by atoms with Crippen LogP contribution in [0.25, 0.3) is 0 Å². The van der Waals surface area contributed by atoms with Crippen LogP contribution in [-0.2, 0) is 4.79 Å². The Balaban J connectivity index is 0.00000191. The Kier molecular flexibility index (Phi) is 10.3. The van der Waals surface area contributed by atoms with Crippen LogP contribution < -0.4 is 15.0 Å². The number of ether oxygens (including phenoxy) is 1. The van der Waals surface area contributed by atoms with Gasteiger partial charge in [0.05, 0.1) is 6.61 Å². The fourth-order valence-corrected chi connectivity index (χ4v) is 1.62. The number of nitrogens with one attached hydrogen (secondary N) is 1. The second kappa shape index (κ2) is 11.6. The predicted octanol–water partition coefficient (Wildman–Crippen LogP) is 3.04. The summed E-state index contributed by atoms with van der Waals surface area (Å²) in [6, 6.07) is 7.02. The minimum absolute atomic E-state index is 0.219. The Hall–Kier alpha value is -2.26. The first-order valence-corrected chi connectivity index (χ1v) is 7.14. The first-order chi connectivity index (χ1) is 10.2. The molecule has 0 saturated carbocycles. The maximum absolute atomic E-state index is 11.8. The highest BCUT2D eigenvalue weighted by molar-refractivity contribution is 5.91. The van der Waals surface area contributed by atoms with Crippen molar-refractivity contribution in [3.8, 4) is 5.75 Å². The third kappa shape index (κ3) is 6.63. The lowest BCUT2D eigenvalue weighted by Crippen LogP contribution is -2.38. The molecule has 0 atom stereocenters. The van der Waals surface area contributed by atoms with Gasteiger partial charge in [-0.15, -0.1) is 0 Å². The van der Waals surface area contributed by atoms with Gasteiger partial charge in [0.15, 0.2) is 0 Å². The molecule has 0 aliphatic carbocycles. The molecule has 0 radical (unpaired) electrons. The van der Waals surface area contributed by atoms with Crippen LogP contribution in [0.15, 0.2) is 30.3 Å². The van der Waals surface area contributed by atoms with Crippen molar-refractivity contribution in [2.75, 3.05) is 25.1 Å². The van der Waals surface area contributed by atoms with E-state index in [0.717, 1.165) is 11.4 Å². The summed E-state index contributed by atoms with van der Waals surface area (Å²) in [5, 5.41) is 2.57. The Morgan fingerprint density at radius 3 is 2.43 bits per heavy atom. The lowest BCUT2D eigenvalue weighted by atomic mass is 10.2. The van der Waals surface area contributed by atoms with Crippen LogP contribution in [0, 0.1) is 0 Å². The van der Waals surface area contributed by atoms with Crippen LogP contribution in [0.1, 0.15) is 27.2 Å². The molecule has 0 saturated heterocycles. The topological polar surface area (TPSA) is 58.6 Å². The van der Waals surface area contributed by atoms with Crippen molar-refractivity contribution < 1.29 is 14.3 Å². The molecular weight excluding hydrogens is 268 g/mol. The molecule has 2 amide bonds. The number of rotatable bonds is 6. The minimum atomic E-state index is -0.219. The predicted molar refractivity (Wildman–Crippen MR) is 85.6 cm³/mol. The molecule has 5 heteroatoms. The number of nitrogens with zero attached hydrogens (tertiary/aromatic N) is 1. The molecule has 1 N–H and O–H groups in total. The molecule has 1 rings (SSSR count). The van der Waals surface area contributed by atoms with Crippen molar-refractivity contribution in [2.45, 2.75) is 27.2 Å². The van der Waals surface area contributed by atoms with E-state index in [-0.39, 0.29) is 6.03 Å². The number of benzene rings is 1. The lowest BCUT2D eigenvalue weighted by molar-refractivity contribution is 0.248. The number of anilines is 1. The Labute approximate surface area is 126 Å². The number of hydrogen-bond donors (Lipinski definition) is 1. The van der Waals surface area contributed by atoms with Crippen molar-refractivity contribution in [3.05, 3.63) is 30.3 Å². The average molecular weight is 292 g/mol. The molecule has 116 valence electrons. The number of amides is 2. The zero-order valence-corrected chi connectivity index (χ0v) is 13.2. The molecule has 0 aromatic heterocycles. The summed E-state index contributed by atoms with van der Waals surface area (Å²) in [6.07, 6.45) is 1.83. The largest absolute Gasteiger partial charge is 0.494 e. The van der Waals surface area contributed by atoms with Gasteiger partial charge in [0.25, 0.3) is 0 Å². The maximum Gasteiger partial charge on any atom is 0.321 e. The van der Waals surface area contributed by atoms with Gasteiger partial charge >= 0.3 is 6.03 Å². The fraction of sp³-hybridized carbons (Fsp3) is 0.438. The summed E-state index contributed by atoms with van der Waals surface area (Å²) in [7, 11) is 1.57. The smallest absolute Gasteiger partial charge is 0.321 e. The summed E-state index contributed by atoms with van der Waals surface area (Å²) in [5.41, 5.74) is 0.752. The summed E-state index contributed by atoms with van der Waals surface area (Å²) >= 11 is 0. The molecule has 0 aliphatic heterocycles. The van der Waals surface area contributed by atoms with Crippen LogP contribution in [0.5, 0.6) is 5.75 Å². The van der Waals surface area contributed by atoms with Crippen LogP contribution in [0.2, 0.25) is 0 Å². The second-order valence-electron chi connectivity index (χ2n) is 3.74. The van der Waals surface area contributed by atoms with E-state index in [9.17, 15) is 9.59 Å². The summed E-state index contributed by atoms with van der Waals surface area (Å²) in [4.78, 5) is 23.5. The molecule has 0 bridgehead atoms. The van der Waals surface area contributed by atoms with Crippen molar-refractivity contribution in [1.82, 2.24) is 5.32 Å². The zero-order valence-electron chi connectivity index (χ0n) is 13.2. The Bertz CT molecular complexity index is 451. The molecule has 0 aliphatic rings. The molecule has 21 heavy (non-hydrogen) atoms. The maximum atomic E-state index is 11.8. The van der Waals surface area contributed by atoms with Crippen molar-refractivity contribution in [3.63, 3.8) is 0 Å². The van der Waals surface area contributed by atoms with Gasteiger partial charge in [0, 0.05) is 25.4 Å². The molecular formula is C16H24N2O3. The van der Waals surface area contributed by atoms with Gasteiger partial charge in [-0.1, -0.05) is 13.8 Å². The van der Waals surface area contributed by atoms with E-state index in [0.29, 0.717) is 19.6 Å². The van der Waals surface area contributed by atoms with E-state index in [1.54, 1.807) is 17.9 Å². The molecule has 0 fully saturated rings. The van der Waals surface area contributed by atoms with E-state index in [4.69, 9.17) is 4.74 Å². The van der Waals surface area contributed by atoms with Crippen molar-refractivity contribution in [1.29, 1.82) is 0 Å². The van der Waals surface area contributed by atoms with Gasteiger partial charge in [-0.25, -0.2) is 9.59 Å². The van der Waals surface area contributed by atoms with Gasteiger partial charge < -0.3 is 10.1 Å². The SMILES string of the molecule is CC.CCOc1ccc(N(CCC=C=O)C(=O)NC)cc1. The molecule has 5 nitrogen and oxygen atoms in total. The first-order valence-electron chi connectivity index (χ1n) is 7.14. The van der Waals surface area contributed by atoms with E-state index in [1.807, 2.05) is 45.0 Å². The summed E-state index contributed by atoms with van der Waals surface area (Å²) in [5.74, 6) is 2.46. The highest BCUT2D eigenvalue weighted by Gasteiger charge is 2.13. The Morgan fingerprint density at radius 1 is 1.33 bits per heavy atom. The minimum Gasteiger partial charge on any atom is -0.494 e. The number of hydrogen-bond acceptors (Lipinski definition) is 3. The van der Waals surface area contributed by atoms with Gasteiger partial charge in [-0.2, -0.15) is 0 Å². The van der Waals surface area contributed by atoms with E-state index < -0.39 is 0 Å². The molecule has 1 aromatic rings. The Morgan fingerprint density at radius 2 is 1.95 bits per heavy atom. The van der Waals surface area contributed by atoms with Crippen LogP contribution in [0.4, 0.5) is 10.5 Å². The van der Waals surface area contributed by atoms with Gasteiger partial charge in [-0.05, 0) is 37.6 Å². The highest BCUT2D eigenvalue weighted by Crippen LogP contribution is 2.20. The molecule has 0 spiro atoms. The van der Waals surface area contributed by atoms with E-state index in [1.165, 1.54) is 6.08 Å². The van der Waals surface area contributed by atoms with Crippen LogP contribution in [-0.4, -0.2) is 32.2 Å². The molecule has 0 heterocycles. The first kappa shape index (κ1) is 18.7. The van der Waals surface area contributed by atoms with Gasteiger partial charge in [-0.3, -0.25) is 4.90 Å². The van der Waals surface area contributed by atoms with Crippen molar-refractivity contribution >= 4 is 17.7 Å². The average Bonchev–Trinajstić information content (AvgIpc) is 2.54. The van der Waals surface area contributed by atoms with Crippen LogP contribution in [0.3, 0.4) is 0 Å². The standard InChI is InChI=1S/C14H18N2O3.C2H6/c1-3-19-13-8-6-12(7-9-13)16(14(18)15-2)10-4-5-11-17;1-2/h5-9H,3-4,10H2,1-2H3,(H,15,18);1-2H3. The quantitative estimate of drug-likeness (QED) is 0.820. The fourth-order valence-electron chi connectivity index (χ4n) is 1.62. The number of carbonyl (C=O) groups is 1. The van der Waals surface area contributed by atoms with Gasteiger partial charge in [0.1, 0.15) is 11.7 Å². The molecule has 1 aromatic carbocycles. The van der Waals surface area contributed by atoms with Gasteiger partial charge in [0.2, 0.25) is 0 Å². The highest BCUT2D eigenvalue weighted by atomic mass is 16.5. The van der Waals surface area contributed by atoms with E-state index in [2.05, 4.69) is 5.32 Å². The van der Waals surface area contributed by atoms with Crippen LogP contribution >= 0.6 is 0 Å². The lowest BCUT2D eigenvalue weighted by Gasteiger charge is -2.21. The normalized spacial score (nSPS) is 8.76. The zero-order chi connectivity index (χ0) is 16.1.